The first-order chi connectivity index (χ1) is 7.65. The van der Waals surface area contributed by atoms with E-state index in [4.69, 9.17) is 5.26 Å². The molecule has 16 heavy (non-hydrogen) atoms. The molecule has 1 atom stereocenters. The van der Waals surface area contributed by atoms with Crippen LogP contribution in [0, 0.1) is 25.2 Å². The molecule has 1 aliphatic heterocycles. The molecule has 2 rings (SSSR count). The Morgan fingerprint density at radius 2 is 2.25 bits per heavy atom. The van der Waals surface area contributed by atoms with Crippen molar-refractivity contribution in [1.29, 1.82) is 5.26 Å². The zero-order valence-corrected chi connectivity index (χ0v) is 10.2. The number of likely N-dealkylation sites (tertiary alicyclic amines) is 1. The van der Waals surface area contributed by atoms with Crippen LogP contribution < -0.4 is 0 Å². The molecule has 0 unspecified atom stereocenters. The highest BCUT2D eigenvalue weighted by atomic mass is 15.3. The fourth-order valence-corrected chi connectivity index (χ4v) is 2.71. The highest BCUT2D eigenvalue weighted by Gasteiger charge is 2.29. The van der Waals surface area contributed by atoms with E-state index in [0.29, 0.717) is 12.6 Å². The maximum absolute atomic E-state index is 8.82. The molecule has 2 heterocycles. The third kappa shape index (κ3) is 1.72. The van der Waals surface area contributed by atoms with E-state index in [1.807, 2.05) is 11.7 Å². The third-order valence-corrected chi connectivity index (χ3v) is 3.54. The second kappa shape index (κ2) is 4.26. The quantitative estimate of drug-likeness (QED) is 0.710. The predicted octanol–water partition coefficient (Wildman–Crippen LogP) is 1.70. The number of hydrogen-bond donors (Lipinski definition) is 0. The van der Waals surface area contributed by atoms with E-state index < -0.39 is 0 Å². The smallest absolute Gasteiger partial charge is 0.0871 e. The Balaban J connectivity index is 2.33. The Kier molecular flexibility index (Phi) is 2.97. The van der Waals surface area contributed by atoms with E-state index in [1.165, 1.54) is 17.7 Å². The van der Waals surface area contributed by atoms with Crippen molar-refractivity contribution in [2.45, 2.75) is 32.7 Å². The first kappa shape index (κ1) is 11.2. The van der Waals surface area contributed by atoms with Crippen molar-refractivity contribution >= 4 is 0 Å². The van der Waals surface area contributed by atoms with E-state index >= 15 is 0 Å². The normalized spacial score (nSPS) is 21.2. The Morgan fingerprint density at radius 3 is 2.81 bits per heavy atom. The summed E-state index contributed by atoms with van der Waals surface area (Å²) in [6.45, 7) is 5.73. The lowest BCUT2D eigenvalue weighted by Crippen LogP contribution is -2.24. The van der Waals surface area contributed by atoms with Crippen LogP contribution in [0.15, 0.2) is 0 Å². The van der Waals surface area contributed by atoms with Gasteiger partial charge in [-0.3, -0.25) is 9.58 Å². The van der Waals surface area contributed by atoms with E-state index in [2.05, 4.69) is 29.9 Å². The SMILES string of the molecule is Cc1nn(C)c(C)c1[C@@H]1CCCN1CC#N. The Morgan fingerprint density at radius 1 is 1.50 bits per heavy atom. The monoisotopic (exact) mass is 218 g/mol. The van der Waals surface area contributed by atoms with Crippen LogP contribution in [-0.2, 0) is 7.05 Å². The molecule has 0 N–H and O–H groups in total. The second-order valence-corrected chi connectivity index (χ2v) is 4.49. The van der Waals surface area contributed by atoms with Crippen LogP contribution in [0.5, 0.6) is 0 Å². The van der Waals surface area contributed by atoms with Crippen LogP contribution >= 0.6 is 0 Å². The lowest BCUT2D eigenvalue weighted by molar-refractivity contribution is 0.287. The summed E-state index contributed by atoms with van der Waals surface area (Å²) < 4.78 is 1.94. The van der Waals surface area contributed by atoms with Crippen molar-refractivity contribution in [3.05, 3.63) is 17.0 Å². The molecular formula is C12H18N4. The molecule has 4 nitrogen and oxygen atoms in total. The minimum Gasteiger partial charge on any atom is -0.283 e. The first-order valence-electron chi connectivity index (χ1n) is 5.76. The summed E-state index contributed by atoms with van der Waals surface area (Å²) in [5, 5.41) is 13.3. The lowest BCUT2D eigenvalue weighted by Gasteiger charge is -2.22. The Hall–Kier alpha value is -1.34. The number of hydrogen-bond acceptors (Lipinski definition) is 3. The molecular weight excluding hydrogens is 200 g/mol. The highest BCUT2D eigenvalue weighted by molar-refractivity contribution is 5.29. The standard InChI is InChI=1S/C12H18N4/c1-9-12(10(2)15(3)14-9)11-5-4-7-16(11)8-6-13/h11H,4-5,7-8H2,1-3H3/t11-/m0/s1. The molecule has 0 spiro atoms. The van der Waals surface area contributed by atoms with Crippen LogP contribution in [-0.4, -0.2) is 27.8 Å². The largest absolute Gasteiger partial charge is 0.283 e. The number of nitriles is 1. The minimum absolute atomic E-state index is 0.397. The molecule has 1 aromatic rings. The fraction of sp³-hybridized carbons (Fsp3) is 0.667. The topological polar surface area (TPSA) is 44.9 Å². The van der Waals surface area contributed by atoms with Crippen molar-refractivity contribution in [3.63, 3.8) is 0 Å². The highest BCUT2D eigenvalue weighted by Crippen LogP contribution is 2.34. The second-order valence-electron chi connectivity index (χ2n) is 4.49. The molecule has 86 valence electrons. The third-order valence-electron chi connectivity index (χ3n) is 3.54. The van der Waals surface area contributed by atoms with Gasteiger partial charge in [-0.2, -0.15) is 10.4 Å². The van der Waals surface area contributed by atoms with Crippen LogP contribution in [0.1, 0.15) is 35.8 Å². The van der Waals surface area contributed by atoms with Gasteiger partial charge in [0.1, 0.15) is 0 Å². The van der Waals surface area contributed by atoms with E-state index in [0.717, 1.165) is 18.7 Å². The summed E-state index contributed by atoms with van der Waals surface area (Å²) in [6.07, 6.45) is 2.33. The molecule has 0 aromatic carbocycles. The molecule has 1 aromatic heterocycles. The van der Waals surface area contributed by atoms with Gasteiger partial charge in [0.15, 0.2) is 0 Å². The van der Waals surface area contributed by atoms with Gasteiger partial charge in [-0.15, -0.1) is 0 Å². The van der Waals surface area contributed by atoms with Gasteiger partial charge in [0, 0.05) is 24.3 Å². The molecule has 0 saturated carbocycles. The molecule has 1 saturated heterocycles. The molecule has 0 radical (unpaired) electrons. The van der Waals surface area contributed by atoms with Crippen LogP contribution in [0.4, 0.5) is 0 Å². The van der Waals surface area contributed by atoms with Crippen molar-refractivity contribution in [3.8, 4) is 6.07 Å². The van der Waals surface area contributed by atoms with Gasteiger partial charge < -0.3 is 0 Å². The van der Waals surface area contributed by atoms with Crippen molar-refractivity contribution < 1.29 is 0 Å². The number of aryl methyl sites for hydroxylation is 2. The van der Waals surface area contributed by atoms with Crippen LogP contribution in [0.3, 0.4) is 0 Å². The molecule has 0 aliphatic carbocycles. The molecule has 0 amide bonds. The summed E-state index contributed by atoms with van der Waals surface area (Å²) in [4.78, 5) is 2.26. The first-order valence-corrected chi connectivity index (χ1v) is 5.76. The average Bonchev–Trinajstić information content (AvgIpc) is 2.75. The summed E-state index contributed by atoms with van der Waals surface area (Å²) >= 11 is 0. The molecule has 0 bridgehead atoms. The van der Waals surface area contributed by atoms with Crippen LogP contribution in [0.25, 0.3) is 0 Å². The zero-order valence-electron chi connectivity index (χ0n) is 10.2. The minimum atomic E-state index is 0.397. The predicted molar refractivity (Wildman–Crippen MR) is 61.8 cm³/mol. The summed E-state index contributed by atoms with van der Waals surface area (Å²) in [5.74, 6) is 0. The molecule has 1 fully saturated rings. The van der Waals surface area contributed by atoms with Gasteiger partial charge in [-0.1, -0.05) is 0 Å². The molecule has 4 heteroatoms. The number of aromatic nitrogens is 2. The van der Waals surface area contributed by atoms with Gasteiger partial charge >= 0.3 is 0 Å². The maximum Gasteiger partial charge on any atom is 0.0871 e. The molecule has 1 aliphatic rings. The fourth-order valence-electron chi connectivity index (χ4n) is 2.71. The number of rotatable bonds is 2. The van der Waals surface area contributed by atoms with Crippen molar-refractivity contribution in [2.24, 2.45) is 7.05 Å². The van der Waals surface area contributed by atoms with Crippen molar-refractivity contribution in [2.75, 3.05) is 13.1 Å². The zero-order chi connectivity index (χ0) is 11.7. The van der Waals surface area contributed by atoms with E-state index in [1.54, 1.807) is 0 Å². The summed E-state index contributed by atoms with van der Waals surface area (Å²) in [7, 11) is 1.98. The Labute approximate surface area is 96.5 Å². The summed E-state index contributed by atoms with van der Waals surface area (Å²) in [5.41, 5.74) is 3.66. The van der Waals surface area contributed by atoms with Gasteiger partial charge in [0.25, 0.3) is 0 Å². The van der Waals surface area contributed by atoms with Crippen LogP contribution in [0.2, 0.25) is 0 Å². The van der Waals surface area contributed by atoms with Gasteiger partial charge in [0.2, 0.25) is 0 Å². The van der Waals surface area contributed by atoms with Gasteiger partial charge in [-0.05, 0) is 33.2 Å². The number of nitrogens with zero attached hydrogens (tertiary/aromatic N) is 4. The maximum atomic E-state index is 8.82. The van der Waals surface area contributed by atoms with E-state index in [9.17, 15) is 0 Å². The lowest BCUT2D eigenvalue weighted by atomic mass is 10.0. The Bertz CT molecular complexity index is 427. The average molecular weight is 218 g/mol. The van der Waals surface area contributed by atoms with Gasteiger partial charge in [0.05, 0.1) is 18.3 Å². The van der Waals surface area contributed by atoms with E-state index in [-0.39, 0.29) is 0 Å². The van der Waals surface area contributed by atoms with Crippen molar-refractivity contribution in [1.82, 2.24) is 14.7 Å². The van der Waals surface area contributed by atoms with Gasteiger partial charge in [-0.25, -0.2) is 0 Å². The summed E-state index contributed by atoms with van der Waals surface area (Å²) in [6, 6.07) is 2.65.